The molecule has 4 aliphatic rings. The van der Waals surface area contributed by atoms with Gasteiger partial charge in [-0.1, -0.05) is 6.58 Å². The zero-order chi connectivity index (χ0) is 35.7. The third-order valence-corrected chi connectivity index (χ3v) is 10.2. The molecular weight excluding hydrogens is 668 g/mol. The molecule has 4 fully saturated rings. The first-order chi connectivity index (χ1) is 24.6. The monoisotopic (exact) mass is 710 g/mol. The minimum atomic E-state index is -4.70. The van der Waals surface area contributed by atoms with Gasteiger partial charge in [0.15, 0.2) is 5.82 Å². The van der Waals surface area contributed by atoms with E-state index in [-0.39, 0.29) is 23.9 Å². The molecule has 2 aromatic carbocycles. The SMILES string of the molecule is C=CC(=O)Nc1cc(Nc2cc(N3OCC[C@@H]3c3cc(F)cc(C(F)(F)F)c3)ncn2)c(OC)cc1N1CCC(N2CCN(C3CC3)CC2)CC1. The number of piperidine rings is 1. The Labute approximate surface area is 294 Å². The minimum absolute atomic E-state index is 0.119. The van der Waals surface area contributed by atoms with Gasteiger partial charge < -0.3 is 20.3 Å². The average molecular weight is 711 g/mol. The van der Waals surface area contributed by atoms with Crippen LogP contribution in [0.15, 0.2) is 55.4 Å². The van der Waals surface area contributed by atoms with Gasteiger partial charge in [0.2, 0.25) is 5.91 Å². The lowest BCUT2D eigenvalue weighted by Gasteiger charge is -2.43. The number of piperazine rings is 1. The molecule has 15 heteroatoms. The van der Waals surface area contributed by atoms with E-state index in [0.29, 0.717) is 41.5 Å². The van der Waals surface area contributed by atoms with Gasteiger partial charge in [0.25, 0.3) is 0 Å². The molecule has 1 aromatic heterocycles. The fourth-order valence-electron chi connectivity index (χ4n) is 7.40. The molecule has 3 saturated heterocycles. The highest BCUT2D eigenvalue weighted by atomic mass is 19.4. The zero-order valence-corrected chi connectivity index (χ0v) is 28.5. The fourth-order valence-corrected chi connectivity index (χ4v) is 7.40. The number of nitrogens with zero attached hydrogens (tertiary/aromatic N) is 6. The van der Waals surface area contributed by atoms with Gasteiger partial charge in [-0.15, -0.1) is 0 Å². The molecule has 3 aromatic rings. The van der Waals surface area contributed by atoms with Crippen molar-refractivity contribution < 1.29 is 31.9 Å². The first kappa shape index (κ1) is 35.0. The summed E-state index contributed by atoms with van der Waals surface area (Å²) < 4.78 is 60.5. The van der Waals surface area contributed by atoms with Crippen LogP contribution in [-0.2, 0) is 15.8 Å². The van der Waals surface area contributed by atoms with Crippen molar-refractivity contribution in [3.63, 3.8) is 0 Å². The highest BCUT2D eigenvalue weighted by molar-refractivity contribution is 6.02. The van der Waals surface area contributed by atoms with Gasteiger partial charge in [0.1, 0.15) is 23.7 Å². The number of rotatable bonds is 10. The first-order valence-corrected chi connectivity index (χ1v) is 17.4. The van der Waals surface area contributed by atoms with Gasteiger partial charge >= 0.3 is 6.18 Å². The molecule has 51 heavy (non-hydrogen) atoms. The van der Waals surface area contributed by atoms with Crippen LogP contribution in [0.3, 0.4) is 0 Å². The Kier molecular flexibility index (Phi) is 10.0. The number of ether oxygens (including phenoxy) is 1. The largest absolute Gasteiger partial charge is 0.494 e. The van der Waals surface area contributed by atoms with Crippen LogP contribution in [0.4, 0.5) is 46.3 Å². The van der Waals surface area contributed by atoms with Crippen LogP contribution in [-0.4, -0.2) is 90.7 Å². The average Bonchev–Trinajstić information content (AvgIpc) is 3.87. The highest BCUT2D eigenvalue weighted by Gasteiger charge is 2.36. The molecule has 1 atom stereocenters. The molecular formula is C36H42F4N8O3. The summed E-state index contributed by atoms with van der Waals surface area (Å²) in [5.41, 5.74) is 0.953. The quantitative estimate of drug-likeness (QED) is 0.189. The van der Waals surface area contributed by atoms with Gasteiger partial charge in [-0.25, -0.2) is 19.4 Å². The molecule has 0 spiro atoms. The fraction of sp³-hybridized carbons (Fsp3) is 0.472. The molecule has 0 unspecified atom stereocenters. The summed E-state index contributed by atoms with van der Waals surface area (Å²) in [5.74, 6) is -0.240. The summed E-state index contributed by atoms with van der Waals surface area (Å²) in [7, 11) is 1.56. The van der Waals surface area contributed by atoms with Crippen LogP contribution in [0.1, 0.15) is 49.3 Å². The minimum Gasteiger partial charge on any atom is -0.494 e. The number of amides is 1. The summed E-state index contributed by atoms with van der Waals surface area (Å²) in [6.07, 6.45) is 2.83. The van der Waals surface area contributed by atoms with E-state index < -0.39 is 23.6 Å². The third kappa shape index (κ3) is 7.90. The van der Waals surface area contributed by atoms with Crippen LogP contribution in [0.5, 0.6) is 5.75 Å². The number of hydrogen-bond donors (Lipinski definition) is 2. The molecule has 1 aliphatic carbocycles. The number of benzene rings is 2. The van der Waals surface area contributed by atoms with E-state index in [1.165, 1.54) is 30.3 Å². The van der Waals surface area contributed by atoms with Crippen molar-refractivity contribution in [2.45, 2.75) is 56.4 Å². The number of carbonyl (C=O) groups is 1. The van der Waals surface area contributed by atoms with Crippen molar-refractivity contribution in [1.82, 2.24) is 19.8 Å². The van der Waals surface area contributed by atoms with E-state index in [0.717, 1.165) is 76.0 Å². The molecule has 0 radical (unpaired) electrons. The Morgan fingerprint density at radius 1 is 0.922 bits per heavy atom. The highest BCUT2D eigenvalue weighted by Crippen LogP contribution is 2.41. The number of aromatic nitrogens is 2. The lowest BCUT2D eigenvalue weighted by atomic mass is 10.0. The zero-order valence-electron chi connectivity index (χ0n) is 28.5. The number of carbonyl (C=O) groups excluding carboxylic acids is 1. The Bertz CT molecular complexity index is 1740. The van der Waals surface area contributed by atoms with Crippen molar-refractivity contribution in [1.29, 1.82) is 0 Å². The lowest BCUT2D eigenvalue weighted by molar-refractivity contribution is -0.137. The van der Waals surface area contributed by atoms with E-state index in [9.17, 15) is 22.4 Å². The number of hydroxylamine groups is 1. The Morgan fingerprint density at radius 2 is 1.63 bits per heavy atom. The molecule has 272 valence electrons. The molecule has 2 N–H and O–H groups in total. The van der Waals surface area contributed by atoms with E-state index in [4.69, 9.17) is 9.57 Å². The summed E-state index contributed by atoms with van der Waals surface area (Å²) in [4.78, 5) is 34.5. The second kappa shape index (κ2) is 14.6. The number of alkyl halides is 3. The van der Waals surface area contributed by atoms with Crippen LogP contribution in [0, 0.1) is 5.82 Å². The van der Waals surface area contributed by atoms with Crippen molar-refractivity contribution in [2.24, 2.45) is 0 Å². The standard InChI is InChI=1S/C36H42F4N8O3/c1-3-35(49)44-28-19-29(32(50-2)20-31(28)47-9-6-27(7-10-47)46-13-11-45(12-14-46)26-4-5-26)43-33-21-34(42-22-41-33)48-30(8-15-51-48)23-16-24(36(38,39)40)18-25(37)17-23/h3,16-22,26-27,30H,1,4-15H2,2H3,(H,44,49)(H,41,42,43)/t30-/m1/s1. The molecule has 1 amide bonds. The number of anilines is 5. The molecule has 4 heterocycles. The van der Waals surface area contributed by atoms with Gasteiger partial charge in [-0.2, -0.15) is 13.2 Å². The first-order valence-electron chi connectivity index (χ1n) is 17.4. The Balaban J connectivity index is 1.09. The van der Waals surface area contributed by atoms with Crippen LogP contribution in [0.25, 0.3) is 0 Å². The summed E-state index contributed by atoms with van der Waals surface area (Å²) in [5, 5.41) is 7.55. The maximum Gasteiger partial charge on any atom is 0.416 e. The predicted molar refractivity (Wildman–Crippen MR) is 186 cm³/mol. The topological polar surface area (TPSA) is 98.3 Å². The predicted octanol–water partition coefficient (Wildman–Crippen LogP) is 6.14. The molecule has 3 aliphatic heterocycles. The Morgan fingerprint density at radius 3 is 2.27 bits per heavy atom. The lowest BCUT2D eigenvalue weighted by Crippen LogP contribution is -2.53. The van der Waals surface area contributed by atoms with Gasteiger partial charge in [0, 0.05) is 69.9 Å². The third-order valence-electron chi connectivity index (χ3n) is 10.2. The number of halogens is 4. The van der Waals surface area contributed by atoms with Gasteiger partial charge in [0.05, 0.1) is 42.4 Å². The van der Waals surface area contributed by atoms with Gasteiger partial charge in [-0.3, -0.25) is 19.4 Å². The Hall–Kier alpha value is -4.47. The van der Waals surface area contributed by atoms with E-state index in [1.807, 2.05) is 6.07 Å². The summed E-state index contributed by atoms with van der Waals surface area (Å²) >= 11 is 0. The molecule has 11 nitrogen and oxygen atoms in total. The maximum atomic E-state index is 14.3. The summed E-state index contributed by atoms with van der Waals surface area (Å²) in [6, 6.07) is 8.34. The van der Waals surface area contributed by atoms with E-state index >= 15 is 0 Å². The van der Waals surface area contributed by atoms with Crippen molar-refractivity contribution in [3.8, 4) is 5.75 Å². The normalized spacial score (nSPS) is 20.8. The van der Waals surface area contributed by atoms with E-state index in [2.05, 4.69) is 41.9 Å². The number of hydrogen-bond acceptors (Lipinski definition) is 10. The van der Waals surface area contributed by atoms with Gasteiger partial charge in [-0.05, 0) is 61.6 Å². The maximum absolute atomic E-state index is 14.3. The van der Waals surface area contributed by atoms with Crippen LogP contribution in [0.2, 0.25) is 0 Å². The summed E-state index contributed by atoms with van der Waals surface area (Å²) in [6.45, 7) is 9.96. The van der Waals surface area contributed by atoms with Crippen molar-refractivity contribution in [3.05, 3.63) is 72.3 Å². The molecule has 7 rings (SSSR count). The number of nitrogens with one attached hydrogen (secondary N) is 2. The second-order valence-corrected chi connectivity index (χ2v) is 13.4. The van der Waals surface area contributed by atoms with Crippen LogP contribution < -0.4 is 25.3 Å². The molecule has 1 saturated carbocycles. The molecule has 0 bridgehead atoms. The van der Waals surface area contributed by atoms with Crippen molar-refractivity contribution >= 4 is 34.6 Å². The smallest absolute Gasteiger partial charge is 0.416 e. The number of methoxy groups -OCH3 is 1. The second-order valence-electron chi connectivity index (χ2n) is 13.4. The van der Waals surface area contributed by atoms with E-state index in [1.54, 1.807) is 19.2 Å². The van der Waals surface area contributed by atoms with Crippen LogP contribution >= 0.6 is 0 Å². The van der Waals surface area contributed by atoms with Crippen molar-refractivity contribution in [2.75, 3.05) is 73.6 Å².